The van der Waals surface area contributed by atoms with Crippen LogP contribution in [0.25, 0.3) is 0 Å². The number of piperidine rings is 1. The highest BCUT2D eigenvalue weighted by atomic mass is 15.3. The predicted molar refractivity (Wildman–Crippen MR) is 76.2 cm³/mol. The Morgan fingerprint density at radius 3 is 2.22 bits per heavy atom. The molecule has 3 nitrogen and oxygen atoms in total. The minimum atomic E-state index is 0.560. The van der Waals surface area contributed by atoms with Crippen LogP contribution in [0, 0.1) is 0 Å². The van der Waals surface area contributed by atoms with E-state index in [9.17, 15) is 0 Å². The van der Waals surface area contributed by atoms with Crippen molar-refractivity contribution in [2.75, 3.05) is 20.1 Å². The van der Waals surface area contributed by atoms with E-state index >= 15 is 0 Å². The molecule has 1 aliphatic heterocycles. The van der Waals surface area contributed by atoms with Gasteiger partial charge in [-0.1, -0.05) is 27.7 Å². The minimum Gasteiger partial charge on any atom is -0.306 e. The molecule has 0 amide bonds. The summed E-state index contributed by atoms with van der Waals surface area (Å²) in [5.74, 6) is 1.13. The molecule has 18 heavy (non-hydrogen) atoms. The third-order valence-corrected chi connectivity index (χ3v) is 4.07. The van der Waals surface area contributed by atoms with Gasteiger partial charge >= 0.3 is 0 Å². The van der Waals surface area contributed by atoms with E-state index in [1.165, 1.54) is 37.2 Å². The zero-order valence-electron chi connectivity index (χ0n) is 12.5. The van der Waals surface area contributed by atoms with E-state index in [2.05, 4.69) is 50.5 Å². The highest BCUT2D eigenvalue weighted by Crippen LogP contribution is 2.31. The smallest absolute Gasteiger partial charge is 0.0547 e. The van der Waals surface area contributed by atoms with Crippen LogP contribution in [0.4, 0.5) is 0 Å². The van der Waals surface area contributed by atoms with E-state index < -0.39 is 0 Å². The minimum absolute atomic E-state index is 0.560. The van der Waals surface area contributed by atoms with Crippen LogP contribution in [0.2, 0.25) is 0 Å². The molecule has 2 rings (SSSR count). The molecule has 1 saturated heterocycles. The molecule has 1 fully saturated rings. The average Bonchev–Trinajstić information content (AvgIpc) is 2.74. The lowest BCUT2D eigenvalue weighted by Gasteiger charge is -2.31. The molecule has 0 unspecified atom stereocenters. The summed E-state index contributed by atoms with van der Waals surface area (Å²) < 4.78 is 2.33. The van der Waals surface area contributed by atoms with Crippen LogP contribution in [0.15, 0.2) is 6.20 Å². The first kappa shape index (κ1) is 13.6. The van der Waals surface area contributed by atoms with Gasteiger partial charge in [0.1, 0.15) is 0 Å². The van der Waals surface area contributed by atoms with Gasteiger partial charge in [0.05, 0.1) is 12.2 Å². The highest BCUT2D eigenvalue weighted by Gasteiger charge is 2.24. The van der Waals surface area contributed by atoms with Crippen LogP contribution in [-0.2, 0) is 0 Å². The van der Waals surface area contributed by atoms with Gasteiger partial charge in [0.25, 0.3) is 0 Å². The first-order valence-corrected chi connectivity index (χ1v) is 7.26. The number of aromatic nitrogens is 2. The van der Waals surface area contributed by atoms with Crippen molar-refractivity contribution in [1.82, 2.24) is 14.7 Å². The Labute approximate surface area is 111 Å². The number of likely N-dealkylation sites (tertiary alicyclic amines) is 1. The monoisotopic (exact) mass is 249 g/mol. The second-order valence-electron chi connectivity index (χ2n) is 6.27. The van der Waals surface area contributed by atoms with Gasteiger partial charge in [0, 0.05) is 5.69 Å². The molecule has 0 aliphatic carbocycles. The van der Waals surface area contributed by atoms with Gasteiger partial charge in [-0.05, 0) is 50.4 Å². The van der Waals surface area contributed by atoms with Crippen molar-refractivity contribution in [2.45, 2.75) is 58.4 Å². The molecule has 0 bridgehead atoms. The molecule has 0 N–H and O–H groups in total. The molecular weight excluding hydrogens is 222 g/mol. The number of hydrogen-bond acceptors (Lipinski definition) is 2. The summed E-state index contributed by atoms with van der Waals surface area (Å²) in [5, 5.41) is 4.71. The Kier molecular flexibility index (Phi) is 4.10. The van der Waals surface area contributed by atoms with E-state index in [-0.39, 0.29) is 0 Å². The van der Waals surface area contributed by atoms with Crippen molar-refractivity contribution in [3.63, 3.8) is 0 Å². The summed E-state index contributed by atoms with van der Waals surface area (Å²) >= 11 is 0. The Morgan fingerprint density at radius 1 is 1.11 bits per heavy atom. The molecule has 1 aliphatic rings. The fraction of sp³-hybridized carbons (Fsp3) is 0.800. The number of rotatable bonds is 3. The lowest BCUT2D eigenvalue weighted by Crippen LogP contribution is -2.32. The molecule has 2 heterocycles. The third kappa shape index (κ3) is 2.61. The Hall–Kier alpha value is -0.830. The molecule has 0 radical (unpaired) electrons. The fourth-order valence-corrected chi connectivity index (χ4v) is 2.96. The zero-order valence-corrected chi connectivity index (χ0v) is 12.5. The van der Waals surface area contributed by atoms with Gasteiger partial charge in [-0.15, -0.1) is 0 Å². The molecular formula is C15H27N3. The number of hydrogen-bond donors (Lipinski definition) is 0. The molecule has 102 valence electrons. The third-order valence-electron chi connectivity index (χ3n) is 4.07. The fourth-order valence-electron chi connectivity index (χ4n) is 2.96. The molecule has 1 aromatic rings. The Bertz CT molecular complexity index is 384. The maximum atomic E-state index is 4.71. The van der Waals surface area contributed by atoms with Gasteiger partial charge in [-0.25, -0.2) is 0 Å². The summed E-state index contributed by atoms with van der Waals surface area (Å²) in [7, 11) is 2.21. The summed E-state index contributed by atoms with van der Waals surface area (Å²) in [6, 6.07) is 0.603. The van der Waals surface area contributed by atoms with Crippen molar-refractivity contribution in [3.8, 4) is 0 Å². The topological polar surface area (TPSA) is 21.1 Å². The number of nitrogens with zero attached hydrogens (tertiary/aromatic N) is 3. The average molecular weight is 249 g/mol. The van der Waals surface area contributed by atoms with Crippen molar-refractivity contribution in [2.24, 2.45) is 0 Å². The second-order valence-corrected chi connectivity index (χ2v) is 6.27. The molecule has 0 spiro atoms. The quantitative estimate of drug-likeness (QED) is 0.818. The summed E-state index contributed by atoms with van der Waals surface area (Å²) in [6.45, 7) is 11.5. The van der Waals surface area contributed by atoms with Crippen LogP contribution in [-0.4, -0.2) is 34.8 Å². The summed E-state index contributed by atoms with van der Waals surface area (Å²) in [6.07, 6.45) is 4.56. The summed E-state index contributed by atoms with van der Waals surface area (Å²) in [4.78, 5) is 2.42. The van der Waals surface area contributed by atoms with Crippen LogP contribution in [0.3, 0.4) is 0 Å². The van der Waals surface area contributed by atoms with Crippen LogP contribution in [0.5, 0.6) is 0 Å². The van der Waals surface area contributed by atoms with Crippen molar-refractivity contribution < 1.29 is 0 Å². The lowest BCUT2D eigenvalue weighted by atomic mass is 9.96. The van der Waals surface area contributed by atoms with E-state index in [4.69, 9.17) is 5.10 Å². The van der Waals surface area contributed by atoms with Gasteiger partial charge < -0.3 is 4.90 Å². The summed E-state index contributed by atoms with van der Waals surface area (Å²) in [5.41, 5.74) is 2.89. The molecule has 0 aromatic carbocycles. The van der Waals surface area contributed by atoms with Crippen molar-refractivity contribution in [1.29, 1.82) is 0 Å². The first-order valence-electron chi connectivity index (χ1n) is 7.26. The maximum Gasteiger partial charge on any atom is 0.0547 e. The van der Waals surface area contributed by atoms with Gasteiger partial charge in [-0.2, -0.15) is 5.10 Å². The molecule has 0 saturated carbocycles. The van der Waals surface area contributed by atoms with Crippen LogP contribution >= 0.6 is 0 Å². The van der Waals surface area contributed by atoms with E-state index in [0.717, 1.165) is 0 Å². The van der Waals surface area contributed by atoms with Crippen LogP contribution < -0.4 is 0 Å². The highest BCUT2D eigenvalue weighted by molar-refractivity contribution is 5.25. The molecule has 1 aromatic heterocycles. The van der Waals surface area contributed by atoms with Crippen molar-refractivity contribution in [3.05, 3.63) is 17.5 Å². The van der Waals surface area contributed by atoms with Gasteiger partial charge in [-0.3, -0.25) is 4.68 Å². The molecule has 0 atom stereocenters. The van der Waals surface area contributed by atoms with E-state index in [1.54, 1.807) is 0 Å². The van der Waals surface area contributed by atoms with Crippen LogP contribution in [0.1, 0.15) is 69.7 Å². The predicted octanol–water partition coefficient (Wildman–Crippen LogP) is 3.40. The van der Waals surface area contributed by atoms with Gasteiger partial charge in [0.15, 0.2) is 0 Å². The standard InChI is InChI=1S/C15H27N3/c1-11(2)14-10-16-18(15(14)12(3)4)13-6-8-17(5)9-7-13/h10-13H,6-9H2,1-5H3. The lowest BCUT2D eigenvalue weighted by molar-refractivity contribution is 0.209. The van der Waals surface area contributed by atoms with Crippen molar-refractivity contribution >= 4 is 0 Å². The normalized spacial score (nSPS) is 19.1. The second kappa shape index (κ2) is 5.43. The Morgan fingerprint density at radius 2 is 1.72 bits per heavy atom. The van der Waals surface area contributed by atoms with E-state index in [1.807, 2.05) is 0 Å². The maximum absolute atomic E-state index is 4.71. The molecule has 3 heteroatoms. The largest absolute Gasteiger partial charge is 0.306 e. The SMILES string of the molecule is CC(C)c1cnn(C2CCN(C)CC2)c1C(C)C. The first-order chi connectivity index (χ1) is 8.50. The van der Waals surface area contributed by atoms with E-state index in [0.29, 0.717) is 17.9 Å². The Balaban J connectivity index is 2.27. The zero-order chi connectivity index (χ0) is 13.3. The van der Waals surface area contributed by atoms with Gasteiger partial charge in [0.2, 0.25) is 0 Å².